The van der Waals surface area contributed by atoms with Crippen molar-refractivity contribution in [1.82, 2.24) is 9.88 Å². The molecular weight excluding hydrogens is 360 g/mol. The molecule has 1 atom stereocenters. The number of hydrogen-bond donors (Lipinski definition) is 1. The fraction of sp³-hybridized carbons (Fsp3) is 0.286. The fourth-order valence-corrected chi connectivity index (χ4v) is 2.88. The topological polar surface area (TPSA) is 90.5 Å². The van der Waals surface area contributed by atoms with E-state index in [2.05, 4.69) is 5.32 Å². The minimum atomic E-state index is -0.692. The standard InChI is InChI=1S/C21H22N2O5/c1-13-8-9-16(10-14(13)2)15(3)22-19(24)12-27-20(25)11-23-17-6-4-5-7-18(17)28-21(23)26/h4-10,15H,11-12H2,1-3H3,(H,22,24)/t15-/m0/s1. The third-order valence-corrected chi connectivity index (χ3v) is 4.63. The smallest absolute Gasteiger partial charge is 0.420 e. The molecule has 0 bridgehead atoms. The Morgan fingerprint density at radius 1 is 1.14 bits per heavy atom. The van der Waals surface area contributed by atoms with Gasteiger partial charge in [0.05, 0.1) is 11.6 Å². The minimum absolute atomic E-state index is 0.217. The molecule has 1 heterocycles. The molecule has 0 spiro atoms. The second-order valence-corrected chi connectivity index (χ2v) is 6.72. The number of aromatic nitrogens is 1. The summed E-state index contributed by atoms with van der Waals surface area (Å²) in [6, 6.07) is 12.5. The van der Waals surface area contributed by atoms with Crippen LogP contribution in [0.5, 0.6) is 0 Å². The van der Waals surface area contributed by atoms with Crippen LogP contribution in [0.2, 0.25) is 0 Å². The molecule has 1 N–H and O–H groups in total. The molecule has 0 aliphatic heterocycles. The highest BCUT2D eigenvalue weighted by molar-refractivity contribution is 5.81. The molecule has 28 heavy (non-hydrogen) atoms. The summed E-state index contributed by atoms with van der Waals surface area (Å²) in [5, 5.41) is 2.79. The number of aryl methyl sites for hydroxylation is 2. The van der Waals surface area contributed by atoms with Crippen molar-refractivity contribution in [3.63, 3.8) is 0 Å². The molecule has 0 fully saturated rings. The number of carbonyl (C=O) groups excluding carboxylic acids is 2. The molecule has 0 unspecified atom stereocenters. The average Bonchev–Trinajstić information content (AvgIpc) is 2.97. The molecular formula is C21H22N2O5. The Labute approximate surface area is 161 Å². The van der Waals surface area contributed by atoms with E-state index >= 15 is 0 Å². The quantitative estimate of drug-likeness (QED) is 0.662. The summed E-state index contributed by atoms with van der Waals surface area (Å²) >= 11 is 0. The number of rotatable bonds is 6. The van der Waals surface area contributed by atoms with E-state index in [1.165, 1.54) is 10.1 Å². The summed E-state index contributed by atoms with van der Waals surface area (Å²) < 4.78 is 11.2. The number of nitrogens with zero attached hydrogens (tertiary/aromatic N) is 1. The molecule has 1 aromatic heterocycles. The second-order valence-electron chi connectivity index (χ2n) is 6.72. The Hall–Kier alpha value is -3.35. The molecule has 0 aliphatic carbocycles. The number of nitrogens with one attached hydrogen (secondary N) is 1. The monoisotopic (exact) mass is 382 g/mol. The number of ether oxygens (including phenoxy) is 1. The normalized spacial score (nSPS) is 12.0. The van der Waals surface area contributed by atoms with Gasteiger partial charge in [-0.1, -0.05) is 30.3 Å². The number of carbonyl (C=O) groups is 2. The van der Waals surface area contributed by atoms with Crippen LogP contribution in [0.25, 0.3) is 11.1 Å². The summed E-state index contributed by atoms with van der Waals surface area (Å²) in [7, 11) is 0. The van der Waals surface area contributed by atoms with Gasteiger partial charge < -0.3 is 14.5 Å². The Kier molecular flexibility index (Phi) is 5.63. The molecule has 7 nitrogen and oxygen atoms in total. The van der Waals surface area contributed by atoms with Crippen molar-refractivity contribution < 1.29 is 18.7 Å². The van der Waals surface area contributed by atoms with Crippen LogP contribution < -0.4 is 11.1 Å². The number of oxazole rings is 1. The van der Waals surface area contributed by atoms with Gasteiger partial charge in [0.15, 0.2) is 12.2 Å². The third kappa shape index (κ3) is 4.31. The highest BCUT2D eigenvalue weighted by atomic mass is 16.5. The van der Waals surface area contributed by atoms with Crippen LogP contribution in [-0.2, 0) is 20.9 Å². The van der Waals surface area contributed by atoms with E-state index in [9.17, 15) is 14.4 Å². The van der Waals surface area contributed by atoms with E-state index in [1.54, 1.807) is 24.3 Å². The fourth-order valence-electron chi connectivity index (χ4n) is 2.88. The Bertz CT molecular complexity index is 1080. The number of esters is 1. The molecule has 146 valence electrons. The van der Waals surface area contributed by atoms with Gasteiger partial charge in [0.1, 0.15) is 6.54 Å². The van der Waals surface area contributed by atoms with Crippen LogP contribution in [0.1, 0.15) is 29.7 Å². The zero-order chi connectivity index (χ0) is 20.3. The Morgan fingerprint density at radius 2 is 1.89 bits per heavy atom. The number of amides is 1. The van der Waals surface area contributed by atoms with Crippen LogP contribution in [0.15, 0.2) is 51.7 Å². The zero-order valence-corrected chi connectivity index (χ0v) is 16.0. The van der Waals surface area contributed by atoms with Gasteiger partial charge >= 0.3 is 11.7 Å². The molecule has 0 aliphatic rings. The molecule has 1 amide bonds. The van der Waals surface area contributed by atoms with Gasteiger partial charge in [-0.3, -0.25) is 14.2 Å². The number of fused-ring (bicyclic) bond motifs is 1. The van der Waals surface area contributed by atoms with Gasteiger partial charge in [-0.25, -0.2) is 4.79 Å². The molecule has 3 rings (SSSR count). The lowest BCUT2D eigenvalue weighted by Crippen LogP contribution is -2.32. The summed E-state index contributed by atoms with van der Waals surface area (Å²) in [4.78, 5) is 36.0. The Balaban J connectivity index is 1.55. The van der Waals surface area contributed by atoms with Crippen molar-refractivity contribution in [2.75, 3.05) is 6.61 Å². The van der Waals surface area contributed by atoms with Crippen molar-refractivity contribution in [2.45, 2.75) is 33.4 Å². The number of hydrogen-bond acceptors (Lipinski definition) is 5. The van der Waals surface area contributed by atoms with Crippen LogP contribution in [0.4, 0.5) is 0 Å². The maximum absolute atomic E-state index is 12.1. The van der Waals surface area contributed by atoms with Crippen LogP contribution in [0, 0.1) is 13.8 Å². The van der Waals surface area contributed by atoms with Crippen molar-refractivity contribution >= 4 is 23.0 Å². The third-order valence-electron chi connectivity index (χ3n) is 4.63. The van der Waals surface area contributed by atoms with Crippen molar-refractivity contribution in [3.8, 4) is 0 Å². The first kappa shape index (κ1) is 19.4. The van der Waals surface area contributed by atoms with E-state index in [-0.39, 0.29) is 12.6 Å². The van der Waals surface area contributed by atoms with Crippen molar-refractivity contribution in [2.24, 2.45) is 0 Å². The van der Waals surface area contributed by atoms with Crippen LogP contribution >= 0.6 is 0 Å². The highest BCUT2D eigenvalue weighted by Crippen LogP contribution is 2.16. The molecule has 7 heteroatoms. The summed E-state index contributed by atoms with van der Waals surface area (Å²) in [6.07, 6.45) is 0. The first-order valence-electron chi connectivity index (χ1n) is 8.95. The van der Waals surface area contributed by atoms with Gasteiger partial charge in [-0.05, 0) is 49.6 Å². The first-order valence-corrected chi connectivity index (χ1v) is 8.95. The van der Waals surface area contributed by atoms with E-state index in [4.69, 9.17) is 9.15 Å². The molecule has 2 aromatic carbocycles. The molecule has 0 saturated heterocycles. The predicted octanol–water partition coefficient (Wildman–Crippen LogP) is 2.63. The first-order chi connectivity index (χ1) is 13.3. The van der Waals surface area contributed by atoms with Crippen molar-refractivity contribution in [3.05, 3.63) is 69.7 Å². The lowest BCUT2D eigenvalue weighted by molar-refractivity contribution is -0.149. The summed E-state index contributed by atoms with van der Waals surface area (Å²) in [5.74, 6) is -1.75. The van der Waals surface area contributed by atoms with E-state index in [0.717, 1.165) is 11.1 Å². The van der Waals surface area contributed by atoms with Crippen LogP contribution in [-0.4, -0.2) is 23.1 Å². The number of para-hydroxylation sites is 2. The van der Waals surface area contributed by atoms with Gasteiger partial charge in [-0.2, -0.15) is 0 Å². The lowest BCUT2D eigenvalue weighted by Gasteiger charge is -2.15. The second kappa shape index (κ2) is 8.12. The molecule has 3 aromatic rings. The largest absolute Gasteiger partial charge is 0.454 e. The molecule has 0 saturated carbocycles. The SMILES string of the molecule is Cc1ccc([C@H](C)NC(=O)COC(=O)Cn2c(=O)oc3ccccc32)cc1C. The van der Waals surface area contributed by atoms with E-state index < -0.39 is 24.2 Å². The predicted molar refractivity (Wildman–Crippen MR) is 104 cm³/mol. The molecule has 0 radical (unpaired) electrons. The van der Waals surface area contributed by atoms with Gasteiger partial charge in [0.25, 0.3) is 5.91 Å². The van der Waals surface area contributed by atoms with E-state index in [1.807, 2.05) is 39.0 Å². The van der Waals surface area contributed by atoms with Gasteiger partial charge in [-0.15, -0.1) is 0 Å². The van der Waals surface area contributed by atoms with E-state index in [0.29, 0.717) is 11.1 Å². The van der Waals surface area contributed by atoms with Gasteiger partial charge in [0.2, 0.25) is 0 Å². The maximum Gasteiger partial charge on any atom is 0.420 e. The summed E-state index contributed by atoms with van der Waals surface area (Å²) in [6.45, 7) is 5.16. The lowest BCUT2D eigenvalue weighted by atomic mass is 10.0. The number of benzene rings is 2. The highest BCUT2D eigenvalue weighted by Gasteiger charge is 2.16. The minimum Gasteiger partial charge on any atom is -0.454 e. The van der Waals surface area contributed by atoms with Gasteiger partial charge in [0, 0.05) is 0 Å². The Morgan fingerprint density at radius 3 is 2.64 bits per heavy atom. The van der Waals surface area contributed by atoms with Crippen LogP contribution in [0.3, 0.4) is 0 Å². The maximum atomic E-state index is 12.1. The average molecular weight is 382 g/mol. The summed E-state index contributed by atoms with van der Waals surface area (Å²) in [5.41, 5.74) is 4.18. The zero-order valence-electron chi connectivity index (χ0n) is 16.0. The van der Waals surface area contributed by atoms with Crippen molar-refractivity contribution in [1.29, 1.82) is 0 Å².